The SMILES string of the molecule is CCc1cccc(C)c1NC(=O)c1ccc(CNC(N)=O)cc1. The van der Waals surface area contributed by atoms with Crippen LogP contribution >= 0.6 is 0 Å². The molecule has 2 aromatic carbocycles. The molecule has 0 unspecified atom stereocenters. The van der Waals surface area contributed by atoms with Gasteiger partial charge in [-0.25, -0.2) is 4.79 Å². The zero-order chi connectivity index (χ0) is 16.8. The van der Waals surface area contributed by atoms with Crippen molar-refractivity contribution in [3.05, 3.63) is 64.7 Å². The second-order valence-electron chi connectivity index (χ2n) is 5.33. The van der Waals surface area contributed by atoms with Crippen LogP contribution in [0.1, 0.15) is 34.0 Å². The quantitative estimate of drug-likeness (QED) is 0.793. The number of carbonyl (C=O) groups is 2. The van der Waals surface area contributed by atoms with Crippen molar-refractivity contribution in [3.8, 4) is 0 Å². The van der Waals surface area contributed by atoms with Crippen LogP contribution in [0.15, 0.2) is 42.5 Å². The highest BCUT2D eigenvalue weighted by Gasteiger charge is 2.10. The normalized spacial score (nSPS) is 10.2. The average molecular weight is 311 g/mol. The van der Waals surface area contributed by atoms with Crippen molar-refractivity contribution in [1.29, 1.82) is 0 Å². The van der Waals surface area contributed by atoms with Crippen LogP contribution in [0.2, 0.25) is 0 Å². The number of hydrogen-bond donors (Lipinski definition) is 3. The second kappa shape index (κ2) is 7.45. The Kier molecular flexibility index (Phi) is 5.36. The zero-order valence-electron chi connectivity index (χ0n) is 13.3. The molecule has 0 saturated heterocycles. The van der Waals surface area contributed by atoms with Crippen LogP contribution in [0.5, 0.6) is 0 Å². The Morgan fingerprint density at radius 3 is 2.39 bits per heavy atom. The molecule has 2 aromatic rings. The molecule has 0 aliphatic rings. The fourth-order valence-corrected chi connectivity index (χ4v) is 2.35. The molecule has 0 spiro atoms. The zero-order valence-corrected chi connectivity index (χ0v) is 13.3. The molecule has 2 rings (SSSR count). The van der Waals surface area contributed by atoms with Gasteiger partial charge in [-0.05, 0) is 42.2 Å². The van der Waals surface area contributed by atoms with Gasteiger partial charge in [0.05, 0.1) is 0 Å². The standard InChI is InChI=1S/C18H21N3O2/c1-3-14-6-4-5-12(2)16(14)21-17(22)15-9-7-13(8-10-15)11-20-18(19)23/h4-10H,3,11H2,1-2H3,(H,21,22)(H3,19,20,23). The van der Waals surface area contributed by atoms with Gasteiger partial charge in [-0.15, -0.1) is 0 Å². The van der Waals surface area contributed by atoms with E-state index in [0.717, 1.165) is 28.8 Å². The topological polar surface area (TPSA) is 84.2 Å². The molecule has 120 valence electrons. The summed E-state index contributed by atoms with van der Waals surface area (Å²) in [4.78, 5) is 23.1. The summed E-state index contributed by atoms with van der Waals surface area (Å²) in [6.07, 6.45) is 0.856. The molecule has 0 aromatic heterocycles. The molecule has 0 atom stereocenters. The van der Waals surface area contributed by atoms with Crippen molar-refractivity contribution >= 4 is 17.6 Å². The summed E-state index contributed by atoms with van der Waals surface area (Å²) in [5.41, 5.74) is 9.51. The van der Waals surface area contributed by atoms with Crippen LogP contribution in [0.3, 0.4) is 0 Å². The van der Waals surface area contributed by atoms with Gasteiger partial charge in [0.1, 0.15) is 0 Å². The van der Waals surface area contributed by atoms with E-state index in [1.165, 1.54) is 0 Å². The van der Waals surface area contributed by atoms with E-state index < -0.39 is 6.03 Å². The lowest BCUT2D eigenvalue weighted by Crippen LogP contribution is -2.28. The Morgan fingerprint density at radius 1 is 1.09 bits per heavy atom. The number of aryl methyl sites for hydroxylation is 2. The Hall–Kier alpha value is -2.82. The molecule has 0 radical (unpaired) electrons. The van der Waals surface area contributed by atoms with Crippen LogP contribution in [0.25, 0.3) is 0 Å². The monoisotopic (exact) mass is 311 g/mol. The fraction of sp³-hybridized carbons (Fsp3) is 0.222. The highest BCUT2D eigenvalue weighted by atomic mass is 16.2. The number of nitrogens with two attached hydrogens (primary N) is 1. The van der Waals surface area contributed by atoms with E-state index in [-0.39, 0.29) is 5.91 Å². The summed E-state index contributed by atoms with van der Waals surface area (Å²) in [7, 11) is 0. The lowest BCUT2D eigenvalue weighted by molar-refractivity contribution is 0.102. The third-order valence-corrected chi connectivity index (χ3v) is 3.66. The fourth-order valence-electron chi connectivity index (χ4n) is 2.35. The molecule has 0 aliphatic heterocycles. The first-order valence-corrected chi connectivity index (χ1v) is 7.53. The number of anilines is 1. The van der Waals surface area contributed by atoms with Crippen LogP contribution in [0.4, 0.5) is 10.5 Å². The molecule has 0 heterocycles. The van der Waals surface area contributed by atoms with Gasteiger partial charge in [-0.1, -0.05) is 37.3 Å². The van der Waals surface area contributed by atoms with E-state index in [2.05, 4.69) is 17.6 Å². The van der Waals surface area contributed by atoms with Crippen molar-refractivity contribution in [1.82, 2.24) is 5.32 Å². The Balaban J connectivity index is 2.11. The molecule has 0 aliphatic carbocycles. The number of urea groups is 1. The molecule has 3 amide bonds. The van der Waals surface area contributed by atoms with E-state index in [4.69, 9.17) is 5.73 Å². The predicted octanol–water partition coefficient (Wildman–Crippen LogP) is 2.98. The maximum Gasteiger partial charge on any atom is 0.312 e. The lowest BCUT2D eigenvalue weighted by Gasteiger charge is -2.13. The summed E-state index contributed by atoms with van der Waals surface area (Å²) in [5, 5.41) is 5.50. The number of carbonyl (C=O) groups excluding carboxylic acids is 2. The number of para-hydroxylation sites is 1. The first-order chi connectivity index (χ1) is 11.0. The minimum absolute atomic E-state index is 0.150. The van der Waals surface area contributed by atoms with Gasteiger partial charge >= 0.3 is 6.03 Å². The summed E-state index contributed by atoms with van der Waals surface area (Å²) < 4.78 is 0. The van der Waals surface area contributed by atoms with E-state index in [1.54, 1.807) is 24.3 Å². The Bertz CT molecular complexity index is 709. The number of amides is 3. The van der Waals surface area contributed by atoms with E-state index in [9.17, 15) is 9.59 Å². The van der Waals surface area contributed by atoms with Gasteiger partial charge in [0, 0.05) is 17.8 Å². The predicted molar refractivity (Wildman–Crippen MR) is 91.4 cm³/mol. The third kappa shape index (κ3) is 4.32. The summed E-state index contributed by atoms with van der Waals surface area (Å²) in [5.74, 6) is -0.150. The Morgan fingerprint density at radius 2 is 1.78 bits per heavy atom. The molecular weight excluding hydrogens is 290 g/mol. The molecule has 4 N–H and O–H groups in total. The number of hydrogen-bond acceptors (Lipinski definition) is 2. The molecule has 5 heteroatoms. The molecule has 0 saturated carbocycles. The van der Waals surface area contributed by atoms with Crippen molar-refractivity contribution in [2.75, 3.05) is 5.32 Å². The van der Waals surface area contributed by atoms with Crippen molar-refractivity contribution < 1.29 is 9.59 Å². The molecule has 23 heavy (non-hydrogen) atoms. The van der Waals surface area contributed by atoms with Crippen molar-refractivity contribution in [2.24, 2.45) is 5.73 Å². The van der Waals surface area contributed by atoms with Gasteiger partial charge in [-0.3, -0.25) is 4.79 Å². The van der Waals surface area contributed by atoms with E-state index in [1.807, 2.05) is 25.1 Å². The van der Waals surface area contributed by atoms with E-state index >= 15 is 0 Å². The maximum atomic E-state index is 12.4. The Labute approximate surface area is 135 Å². The van der Waals surface area contributed by atoms with Gasteiger partial charge < -0.3 is 16.4 Å². The van der Waals surface area contributed by atoms with Crippen LogP contribution in [-0.4, -0.2) is 11.9 Å². The van der Waals surface area contributed by atoms with Crippen LogP contribution in [-0.2, 0) is 13.0 Å². The molecule has 5 nitrogen and oxygen atoms in total. The smallest absolute Gasteiger partial charge is 0.312 e. The minimum atomic E-state index is -0.571. The number of rotatable bonds is 5. The molecule has 0 bridgehead atoms. The summed E-state index contributed by atoms with van der Waals surface area (Å²) >= 11 is 0. The average Bonchev–Trinajstić information content (AvgIpc) is 2.55. The summed E-state index contributed by atoms with van der Waals surface area (Å²) in [6, 6.07) is 12.5. The highest BCUT2D eigenvalue weighted by molar-refractivity contribution is 6.05. The first-order valence-electron chi connectivity index (χ1n) is 7.53. The summed E-state index contributed by atoms with van der Waals surface area (Å²) in [6.45, 7) is 4.38. The van der Waals surface area contributed by atoms with Gasteiger partial charge in [0.25, 0.3) is 5.91 Å². The van der Waals surface area contributed by atoms with Crippen LogP contribution < -0.4 is 16.4 Å². The highest BCUT2D eigenvalue weighted by Crippen LogP contribution is 2.22. The van der Waals surface area contributed by atoms with Gasteiger partial charge in [0.2, 0.25) is 0 Å². The largest absolute Gasteiger partial charge is 0.352 e. The van der Waals surface area contributed by atoms with Crippen molar-refractivity contribution in [2.45, 2.75) is 26.8 Å². The van der Waals surface area contributed by atoms with Gasteiger partial charge in [-0.2, -0.15) is 0 Å². The lowest BCUT2D eigenvalue weighted by atomic mass is 10.0. The van der Waals surface area contributed by atoms with Gasteiger partial charge in [0.15, 0.2) is 0 Å². The molecular formula is C18H21N3O2. The van der Waals surface area contributed by atoms with Crippen molar-refractivity contribution in [3.63, 3.8) is 0 Å². The van der Waals surface area contributed by atoms with E-state index in [0.29, 0.717) is 12.1 Å². The van der Waals surface area contributed by atoms with Crippen LogP contribution in [0, 0.1) is 6.92 Å². The third-order valence-electron chi connectivity index (χ3n) is 3.66. The maximum absolute atomic E-state index is 12.4. The minimum Gasteiger partial charge on any atom is -0.352 e. The first kappa shape index (κ1) is 16.5. The number of primary amides is 1. The second-order valence-corrected chi connectivity index (χ2v) is 5.33. The number of nitrogens with one attached hydrogen (secondary N) is 2. The number of benzene rings is 2. The molecule has 0 fully saturated rings.